The minimum Gasteiger partial charge on any atom is -0.337 e. The van der Waals surface area contributed by atoms with Crippen molar-refractivity contribution >= 4 is 23.0 Å². The number of thiazole rings is 1. The molecule has 7 heteroatoms. The Kier molecular flexibility index (Phi) is 4.77. The van der Waals surface area contributed by atoms with Crippen molar-refractivity contribution in [3.63, 3.8) is 0 Å². The van der Waals surface area contributed by atoms with Crippen molar-refractivity contribution in [1.82, 2.24) is 19.7 Å². The summed E-state index contributed by atoms with van der Waals surface area (Å²) in [5.41, 5.74) is 1.42. The number of ketones is 1. The van der Waals surface area contributed by atoms with Crippen molar-refractivity contribution in [1.29, 1.82) is 0 Å². The van der Waals surface area contributed by atoms with E-state index in [-0.39, 0.29) is 23.0 Å². The van der Waals surface area contributed by atoms with Crippen LogP contribution in [-0.4, -0.2) is 44.4 Å². The summed E-state index contributed by atoms with van der Waals surface area (Å²) in [4.78, 5) is 31.2. The molecule has 2 aromatic heterocycles. The third-order valence-electron chi connectivity index (χ3n) is 4.66. The largest absolute Gasteiger partial charge is 0.337 e. The predicted molar refractivity (Wildman–Crippen MR) is 97.0 cm³/mol. The summed E-state index contributed by atoms with van der Waals surface area (Å²) in [7, 11) is 1.81. The second kappa shape index (κ2) is 6.71. The molecule has 1 aliphatic heterocycles. The van der Waals surface area contributed by atoms with E-state index in [1.54, 1.807) is 17.9 Å². The fraction of sp³-hybridized carbons (Fsp3) is 0.556. The second-order valence-electron chi connectivity index (χ2n) is 7.56. The van der Waals surface area contributed by atoms with E-state index < -0.39 is 0 Å². The van der Waals surface area contributed by atoms with Crippen LogP contribution in [0.25, 0.3) is 0 Å². The lowest BCUT2D eigenvalue weighted by molar-refractivity contribution is 0.0641. The van der Waals surface area contributed by atoms with Crippen molar-refractivity contribution in [3.8, 4) is 0 Å². The van der Waals surface area contributed by atoms with Crippen LogP contribution in [0.3, 0.4) is 0 Å². The summed E-state index contributed by atoms with van der Waals surface area (Å²) in [5, 5.41) is 6.88. The molecule has 1 saturated heterocycles. The maximum atomic E-state index is 12.8. The van der Waals surface area contributed by atoms with Gasteiger partial charge < -0.3 is 4.90 Å². The zero-order chi connectivity index (χ0) is 18.2. The number of hydrogen-bond acceptors (Lipinski definition) is 5. The average molecular weight is 360 g/mol. The maximum Gasteiger partial charge on any atom is 0.272 e. The van der Waals surface area contributed by atoms with Gasteiger partial charge in [-0.15, -0.1) is 11.3 Å². The van der Waals surface area contributed by atoms with Crippen molar-refractivity contribution < 1.29 is 9.59 Å². The van der Waals surface area contributed by atoms with Gasteiger partial charge in [0.15, 0.2) is 10.8 Å². The number of nitrogens with zero attached hydrogens (tertiary/aromatic N) is 4. The molecule has 0 saturated carbocycles. The van der Waals surface area contributed by atoms with Crippen LogP contribution in [0.5, 0.6) is 0 Å². The average Bonchev–Trinajstić information content (AvgIpc) is 3.23. The highest BCUT2D eigenvalue weighted by atomic mass is 32.1. The van der Waals surface area contributed by atoms with E-state index in [9.17, 15) is 9.59 Å². The molecule has 0 N–H and O–H groups in total. The zero-order valence-corrected chi connectivity index (χ0v) is 16.0. The molecule has 1 fully saturated rings. The van der Waals surface area contributed by atoms with Crippen molar-refractivity contribution in [2.45, 2.75) is 39.0 Å². The minimum atomic E-state index is -0.0938. The molecule has 134 valence electrons. The quantitative estimate of drug-likeness (QED) is 0.789. The summed E-state index contributed by atoms with van der Waals surface area (Å²) in [6.07, 6.45) is 3.04. The molecule has 1 amide bonds. The first-order valence-corrected chi connectivity index (χ1v) is 9.43. The Morgan fingerprint density at radius 3 is 2.44 bits per heavy atom. The molecule has 0 spiro atoms. The lowest BCUT2D eigenvalue weighted by Crippen LogP contribution is -2.41. The van der Waals surface area contributed by atoms with Gasteiger partial charge in [0.05, 0.1) is 5.69 Å². The zero-order valence-electron chi connectivity index (χ0n) is 15.2. The van der Waals surface area contributed by atoms with Gasteiger partial charge in [0, 0.05) is 43.0 Å². The molecule has 3 heterocycles. The Labute approximate surface area is 151 Å². The molecule has 3 rings (SSSR count). The molecule has 0 atom stereocenters. The van der Waals surface area contributed by atoms with E-state index in [1.807, 2.05) is 16.3 Å². The van der Waals surface area contributed by atoms with Crippen LogP contribution in [0, 0.1) is 5.92 Å². The molecule has 0 radical (unpaired) electrons. The van der Waals surface area contributed by atoms with Crippen molar-refractivity contribution in [2.24, 2.45) is 13.0 Å². The van der Waals surface area contributed by atoms with Gasteiger partial charge in [-0.2, -0.15) is 5.10 Å². The van der Waals surface area contributed by atoms with Crippen LogP contribution in [0.4, 0.5) is 0 Å². The number of likely N-dealkylation sites (tertiary alicyclic amines) is 1. The molecule has 0 aliphatic carbocycles. The van der Waals surface area contributed by atoms with Gasteiger partial charge >= 0.3 is 0 Å². The molecule has 6 nitrogen and oxygen atoms in total. The van der Waals surface area contributed by atoms with E-state index in [1.165, 1.54) is 11.3 Å². The number of amides is 1. The SMILES string of the molecule is Cn1nc(C(C)(C)C)cc1C(=O)N1CCC(C(=O)c2nccs2)CC1. The van der Waals surface area contributed by atoms with E-state index in [0.29, 0.717) is 36.6 Å². The van der Waals surface area contributed by atoms with Gasteiger partial charge in [0.1, 0.15) is 5.69 Å². The van der Waals surface area contributed by atoms with Crippen molar-refractivity contribution in [2.75, 3.05) is 13.1 Å². The maximum absolute atomic E-state index is 12.8. The monoisotopic (exact) mass is 360 g/mol. The third kappa shape index (κ3) is 3.66. The normalized spacial score (nSPS) is 16.2. The molecule has 25 heavy (non-hydrogen) atoms. The van der Waals surface area contributed by atoms with Crippen LogP contribution in [-0.2, 0) is 12.5 Å². The first-order chi connectivity index (χ1) is 11.8. The smallest absolute Gasteiger partial charge is 0.272 e. The van der Waals surface area contributed by atoms with Crippen LogP contribution in [0.1, 0.15) is 59.6 Å². The Hall–Kier alpha value is -2.02. The van der Waals surface area contributed by atoms with Crippen LogP contribution >= 0.6 is 11.3 Å². The summed E-state index contributed by atoms with van der Waals surface area (Å²) in [6, 6.07) is 1.88. The fourth-order valence-corrected chi connectivity index (χ4v) is 3.72. The first kappa shape index (κ1) is 17.8. The van der Waals surface area contributed by atoms with Crippen LogP contribution in [0.15, 0.2) is 17.6 Å². The number of aryl methyl sites for hydroxylation is 1. The Balaban J connectivity index is 1.66. The van der Waals surface area contributed by atoms with Gasteiger partial charge in [-0.3, -0.25) is 14.3 Å². The molecule has 0 unspecified atom stereocenters. The number of hydrogen-bond donors (Lipinski definition) is 0. The van der Waals surface area contributed by atoms with Crippen molar-refractivity contribution in [3.05, 3.63) is 34.0 Å². The molecule has 0 aromatic carbocycles. The van der Waals surface area contributed by atoms with Gasteiger partial charge in [-0.25, -0.2) is 4.98 Å². The number of rotatable bonds is 3. The standard InChI is InChI=1S/C18H24N4O2S/c1-18(2,3)14-11-13(21(4)20-14)17(24)22-8-5-12(6-9-22)15(23)16-19-7-10-25-16/h7,10-12H,5-6,8-9H2,1-4H3. The number of aromatic nitrogens is 3. The third-order valence-corrected chi connectivity index (χ3v) is 5.45. The minimum absolute atomic E-state index is 0.00866. The Bertz CT molecular complexity index is 766. The highest BCUT2D eigenvalue weighted by Crippen LogP contribution is 2.25. The molecule has 1 aliphatic rings. The van der Waals surface area contributed by atoms with E-state index in [2.05, 4.69) is 30.9 Å². The van der Waals surface area contributed by atoms with E-state index in [4.69, 9.17) is 0 Å². The predicted octanol–water partition coefficient (Wildman–Crippen LogP) is 2.91. The van der Waals surface area contributed by atoms with Gasteiger partial charge in [0.25, 0.3) is 5.91 Å². The van der Waals surface area contributed by atoms with Crippen LogP contribution < -0.4 is 0 Å². The first-order valence-electron chi connectivity index (χ1n) is 8.55. The Morgan fingerprint density at radius 2 is 1.92 bits per heavy atom. The summed E-state index contributed by atoms with van der Waals surface area (Å²) in [5.74, 6) is 0.0650. The highest BCUT2D eigenvalue weighted by Gasteiger charge is 2.31. The van der Waals surface area contributed by atoms with Gasteiger partial charge in [-0.05, 0) is 18.9 Å². The second-order valence-corrected chi connectivity index (χ2v) is 8.45. The van der Waals surface area contributed by atoms with Crippen LogP contribution in [0.2, 0.25) is 0 Å². The number of Topliss-reactive ketones (excluding diaryl/α,β-unsaturated/α-hetero) is 1. The lowest BCUT2D eigenvalue weighted by atomic mass is 9.91. The number of piperidine rings is 1. The summed E-state index contributed by atoms with van der Waals surface area (Å²) >= 11 is 1.38. The fourth-order valence-electron chi connectivity index (χ4n) is 3.06. The van der Waals surface area contributed by atoms with E-state index >= 15 is 0 Å². The highest BCUT2D eigenvalue weighted by molar-refractivity contribution is 7.11. The molecular weight excluding hydrogens is 336 g/mol. The van der Waals surface area contributed by atoms with Gasteiger partial charge in [0.2, 0.25) is 0 Å². The molecular formula is C18H24N4O2S. The summed E-state index contributed by atoms with van der Waals surface area (Å²) in [6.45, 7) is 7.44. The lowest BCUT2D eigenvalue weighted by Gasteiger charge is -2.30. The molecule has 2 aromatic rings. The Morgan fingerprint density at radius 1 is 1.24 bits per heavy atom. The number of carbonyl (C=O) groups is 2. The van der Waals surface area contributed by atoms with Gasteiger partial charge in [-0.1, -0.05) is 20.8 Å². The van der Waals surface area contributed by atoms with E-state index in [0.717, 1.165) is 5.69 Å². The molecule has 0 bridgehead atoms. The number of carbonyl (C=O) groups excluding carboxylic acids is 2. The summed E-state index contributed by atoms with van der Waals surface area (Å²) < 4.78 is 1.66. The topological polar surface area (TPSA) is 68.1 Å².